The number of hydrogen-bond acceptors (Lipinski definition) is 4. The van der Waals surface area contributed by atoms with E-state index in [0.717, 1.165) is 30.1 Å². The molecule has 0 amide bonds. The second-order valence-electron chi connectivity index (χ2n) is 3.81. The van der Waals surface area contributed by atoms with Crippen molar-refractivity contribution in [2.24, 2.45) is 5.92 Å². The zero-order chi connectivity index (χ0) is 10.7. The fraction of sp³-hybridized carbons (Fsp3) is 0.636. The molecule has 1 saturated heterocycles. The van der Waals surface area contributed by atoms with Gasteiger partial charge in [-0.2, -0.15) is 0 Å². The third kappa shape index (κ3) is 2.51. The first-order valence-corrected chi connectivity index (χ1v) is 6.07. The van der Waals surface area contributed by atoms with Gasteiger partial charge in [0, 0.05) is 22.8 Å². The molecule has 15 heavy (non-hydrogen) atoms. The molecule has 84 valence electrons. The maximum Gasteiger partial charge on any atom is 0.129 e. The average molecular weight is 228 g/mol. The summed E-state index contributed by atoms with van der Waals surface area (Å²) in [5.41, 5.74) is 0. The Balaban J connectivity index is 2.02. The molecular formula is C11H16O3S. The zero-order valence-corrected chi connectivity index (χ0v) is 9.63. The highest BCUT2D eigenvalue weighted by atomic mass is 32.1. The number of methoxy groups -OCH3 is 1. The van der Waals surface area contributed by atoms with Gasteiger partial charge in [0.25, 0.3) is 0 Å². The van der Waals surface area contributed by atoms with E-state index in [4.69, 9.17) is 9.47 Å². The smallest absolute Gasteiger partial charge is 0.129 e. The molecule has 1 aliphatic rings. The Morgan fingerprint density at radius 3 is 3.13 bits per heavy atom. The molecule has 4 heteroatoms. The summed E-state index contributed by atoms with van der Waals surface area (Å²) in [5.74, 6) is 1.06. The summed E-state index contributed by atoms with van der Waals surface area (Å²) in [6, 6.07) is 1.91. The maximum absolute atomic E-state index is 10.1. The lowest BCUT2D eigenvalue weighted by Crippen LogP contribution is -2.23. The standard InChI is InChI=1S/C11H16O3S/c1-13-9-5-10(15-7-9)11(12)8-3-2-4-14-6-8/h5,7-8,11-12H,2-4,6H2,1H3. The van der Waals surface area contributed by atoms with Crippen LogP contribution in [0.25, 0.3) is 0 Å². The number of ether oxygens (including phenoxy) is 2. The van der Waals surface area contributed by atoms with E-state index in [0.29, 0.717) is 6.61 Å². The largest absolute Gasteiger partial charge is 0.496 e. The van der Waals surface area contributed by atoms with Crippen LogP contribution in [-0.2, 0) is 4.74 Å². The molecule has 2 atom stereocenters. The van der Waals surface area contributed by atoms with Gasteiger partial charge in [0.2, 0.25) is 0 Å². The second-order valence-corrected chi connectivity index (χ2v) is 4.75. The fourth-order valence-corrected chi connectivity index (χ4v) is 2.78. The Hall–Kier alpha value is -0.580. The lowest BCUT2D eigenvalue weighted by molar-refractivity contribution is -0.00866. The SMILES string of the molecule is COc1csc(C(O)C2CCCOC2)c1. The monoisotopic (exact) mass is 228 g/mol. The minimum absolute atomic E-state index is 0.238. The van der Waals surface area contributed by atoms with Gasteiger partial charge >= 0.3 is 0 Å². The van der Waals surface area contributed by atoms with Crippen LogP contribution in [0.1, 0.15) is 23.8 Å². The predicted molar refractivity (Wildman–Crippen MR) is 59.4 cm³/mol. The zero-order valence-electron chi connectivity index (χ0n) is 8.81. The number of rotatable bonds is 3. The van der Waals surface area contributed by atoms with Crippen LogP contribution in [0.3, 0.4) is 0 Å². The summed E-state index contributed by atoms with van der Waals surface area (Å²) in [6.45, 7) is 1.50. The molecule has 0 aliphatic carbocycles. The third-order valence-corrected chi connectivity index (χ3v) is 3.75. The van der Waals surface area contributed by atoms with Gasteiger partial charge in [-0.3, -0.25) is 0 Å². The Bertz CT molecular complexity index is 305. The van der Waals surface area contributed by atoms with Gasteiger partial charge < -0.3 is 14.6 Å². The first kappa shape index (κ1) is 10.9. The van der Waals surface area contributed by atoms with Crippen molar-refractivity contribution in [2.75, 3.05) is 20.3 Å². The van der Waals surface area contributed by atoms with Crippen LogP contribution in [0, 0.1) is 5.92 Å². The molecule has 1 aliphatic heterocycles. The van der Waals surface area contributed by atoms with Crippen LogP contribution in [0.5, 0.6) is 5.75 Å². The van der Waals surface area contributed by atoms with Crippen LogP contribution in [0.15, 0.2) is 11.4 Å². The van der Waals surface area contributed by atoms with E-state index in [2.05, 4.69) is 0 Å². The van der Waals surface area contributed by atoms with Crippen molar-refractivity contribution in [1.29, 1.82) is 0 Å². The Labute approximate surface area is 93.6 Å². The van der Waals surface area contributed by atoms with E-state index < -0.39 is 6.10 Å². The molecule has 2 unspecified atom stereocenters. The first-order valence-electron chi connectivity index (χ1n) is 5.19. The van der Waals surface area contributed by atoms with Gasteiger partial charge in [0.05, 0.1) is 19.8 Å². The second kappa shape index (κ2) is 4.96. The van der Waals surface area contributed by atoms with E-state index in [1.165, 1.54) is 0 Å². The average Bonchev–Trinajstić information content (AvgIpc) is 2.78. The Morgan fingerprint density at radius 1 is 1.67 bits per heavy atom. The normalized spacial score (nSPS) is 23.7. The summed E-state index contributed by atoms with van der Waals surface area (Å²) in [4.78, 5) is 0.974. The van der Waals surface area contributed by atoms with Crippen molar-refractivity contribution < 1.29 is 14.6 Å². The van der Waals surface area contributed by atoms with Crippen molar-refractivity contribution in [3.8, 4) is 5.75 Å². The molecule has 1 aromatic rings. The molecule has 2 heterocycles. The van der Waals surface area contributed by atoms with Crippen molar-refractivity contribution in [3.05, 3.63) is 16.3 Å². The van der Waals surface area contributed by atoms with Crippen LogP contribution >= 0.6 is 11.3 Å². The lowest BCUT2D eigenvalue weighted by Gasteiger charge is -2.25. The van der Waals surface area contributed by atoms with E-state index in [1.54, 1.807) is 18.4 Å². The van der Waals surface area contributed by atoms with E-state index in [1.807, 2.05) is 11.4 Å². The van der Waals surface area contributed by atoms with Crippen LogP contribution in [-0.4, -0.2) is 25.4 Å². The fourth-order valence-electron chi connectivity index (χ4n) is 1.84. The molecular weight excluding hydrogens is 212 g/mol. The molecule has 1 aromatic heterocycles. The summed E-state index contributed by atoms with van der Waals surface area (Å²) in [6.07, 6.45) is 1.69. The van der Waals surface area contributed by atoms with Gasteiger partial charge in [-0.25, -0.2) is 0 Å². The highest BCUT2D eigenvalue weighted by Gasteiger charge is 2.24. The van der Waals surface area contributed by atoms with E-state index >= 15 is 0 Å². The Morgan fingerprint density at radius 2 is 2.53 bits per heavy atom. The molecule has 0 aromatic carbocycles. The van der Waals surface area contributed by atoms with Gasteiger partial charge in [0.15, 0.2) is 0 Å². The number of hydrogen-bond donors (Lipinski definition) is 1. The number of aliphatic hydroxyl groups is 1. The van der Waals surface area contributed by atoms with Gasteiger partial charge in [-0.15, -0.1) is 11.3 Å². The molecule has 1 N–H and O–H groups in total. The molecule has 1 fully saturated rings. The molecule has 0 spiro atoms. The summed E-state index contributed by atoms with van der Waals surface area (Å²) in [7, 11) is 1.64. The minimum atomic E-state index is -0.404. The summed E-state index contributed by atoms with van der Waals surface area (Å²) in [5, 5.41) is 12.0. The summed E-state index contributed by atoms with van der Waals surface area (Å²) >= 11 is 1.55. The lowest BCUT2D eigenvalue weighted by atomic mass is 9.95. The van der Waals surface area contributed by atoms with Crippen molar-refractivity contribution in [2.45, 2.75) is 18.9 Å². The predicted octanol–water partition coefficient (Wildman–Crippen LogP) is 2.22. The molecule has 0 saturated carbocycles. The number of thiophene rings is 1. The van der Waals surface area contributed by atoms with Crippen LogP contribution in [0.2, 0.25) is 0 Å². The highest BCUT2D eigenvalue weighted by Crippen LogP contribution is 2.34. The van der Waals surface area contributed by atoms with Gasteiger partial charge in [-0.1, -0.05) is 0 Å². The highest BCUT2D eigenvalue weighted by molar-refractivity contribution is 7.10. The first-order chi connectivity index (χ1) is 7.31. The molecule has 0 bridgehead atoms. The van der Waals surface area contributed by atoms with E-state index in [-0.39, 0.29) is 5.92 Å². The van der Waals surface area contributed by atoms with Crippen LogP contribution in [0.4, 0.5) is 0 Å². The van der Waals surface area contributed by atoms with Gasteiger partial charge in [0.1, 0.15) is 5.75 Å². The topological polar surface area (TPSA) is 38.7 Å². The molecule has 0 radical (unpaired) electrons. The minimum Gasteiger partial charge on any atom is -0.496 e. The van der Waals surface area contributed by atoms with Crippen molar-refractivity contribution >= 4 is 11.3 Å². The van der Waals surface area contributed by atoms with Crippen LogP contribution < -0.4 is 4.74 Å². The number of aliphatic hydroxyl groups excluding tert-OH is 1. The summed E-state index contributed by atoms with van der Waals surface area (Å²) < 4.78 is 10.5. The molecule has 3 nitrogen and oxygen atoms in total. The van der Waals surface area contributed by atoms with Crippen molar-refractivity contribution in [1.82, 2.24) is 0 Å². The van der Waals surface area contributed by atoms with Crippen molar-refractivity contribution in [3.63, 3.8) is 0 Å². The van der Waals surface area contributed by atoms with Gasteiger partial charge in [-0.05, 0) is 18.9 Å². The quantitative estimate of drug-likeness (QED) is 0.862. The maximum atomic E-state index is 10.1. The van der Waals surface area contributed by atoms with E-state index in [9.17, 15) is 5.11 Å². The molecule has 2 rings (SSSR count). The Kier molecular flexibility index (Phi) is 3.61. The third-order valence-electron chi connectivity index (χ3n) is 2.76.